The predicted molar refractivity (Wildman–Crippen MR) is 128 cm³/mol. The van der Waals surface area contributed by atoms with Crippen molar-refractivity contribution < 1.29 is 42.7 Å². The second kappa shape index (κ2) is 9.18. The van der Waals surface area contributed by atoms with Crippen LogP contribution in [0.15, 0.2) is 48.2 Å². The summed E-state index contributed by atoms with van der Waals surface area (Å²) in [6.07, 6.45) is 1.59. The van der Waals surface area contributed by atoms with Gasteiger partial charge in [0, 0.05) is 5.56 Å². The van der Waals surface area contributed by atoms with Gasteiger partial charge < -0.3 is 33.2 Å². The molecule has 0 atom stereocenters. The largest absolute Gasteiger partial charge is 0.493 e. The quantitative estimate of drug-likeness (QED) is 0.279. The van der Waals surface area contributed by atoms with Gasteiger partial charge in [-0.1, -0.05) is 0 Å². The number of hydrogen-bond donors (Lipinski definition) is 0. The fraction of sp³-hybridized carbons (Fsp3) is 0.185. The minimum Gasteiger partial charge on any atom is -0.493 e. The Morgan fingerprint density at radius 3 is 2.31 bits per heavy atom. The Kier molecular flexibility index (Phi) is 5.89. The Hall–Kier alpha value is -4.66. The molecule has 0 saturated heterocycles. The second-order valence-corrected chi connectivity index (χ2v) is 7.92. The van der Waals surface area contributed by atoms with Crippen molar-refractivity contribution >= 4 is 17.8 Å². The van der Waals surface area contributed by atoms with E-state index < -0.39 is 5.97 Å². The van der Waals surface area contributed by atoms with Gasteiger partial charge in [0.05, 0.1) is 32.5 Å². The fourth-order valence-corrected chi connectivity index (χ4v) is 4.00. The summed E-state index contributed by atoms with van der Waals surface area (Å²) >= 11 is 0. The normalized spacial score (nSPS) is 14.3. The number of carbonyl (C=O) groups excluding carboxylic acids is 2. The number of methoxy groups -OCH3 is 3. The number of carbonyl (C=O) groups is 2. The molecule has 2 aliphatic heterocycles. The molecule has 184 valence electrons. The van der Waals surface area contributed by atoms with Crippen molar-refractivity contribution in [2.24, 2.45) is 0 Å². The van der Waals surface area contributed by atoms with Gasteiger partial charge in [0.15, 0.2) is 28.8 Å². The first-order valence-electron chi connectivity index (χ1n) is 10.9. The third-order valence-corrected chi connectivity index (χ3v) is 5.83. The Morgan fingerprint density at radius 1 is 0.889 bits per heavy atom. The Bertz CT molecular complexity index is 1400. The monoisotopic (exact) mass is 490 g/mol. The summed E-state index contributed by atoms with van der Waals surface area (Å²) < 4.78 is 38.2. The third-order valence-electron chi connectivity index (χ3n) is 5.83. The Balaban J connectivity index is 1.41. The summed E-state index contributed by atoms with van der Waals surface area (Å²) in [7, 11) is 4.53. The Labute approximate surface area is 206 Å². The number of ketones is 1. The lowest BCUT2D eigenvalue weighted by molar-refractivity contribution is 0.0732. The number of rotatable bonds is 6. The van der Waals surface area contributed by atoms with Gasteiger partial charge in [-0.3, -0.25) is 4.79 Å². The molecule has 0 radical (unpaired) electrons. The topological polar surface area (TPSA) is 98.8 Å². The molecule has 5 rings (SSSR count). The molecule has 2 aliphatic rings. The SMILES string of the molecule is COc1cc(/C=C2\Oc3c(ccc(OC(=O)c4ccc5c(c4)OCO5)c3C)C2=O)cc(OC)c1OC. The van der Waals surface area contributed by atoms with E-state index in [1.54, 1.807) is 55.5 Å². The molecule has 3 aromatic rings. The van der Waals surface area contributed by atoms with Crippen molar-refractivity contribution in [3.05, 3.63) is 70.5 Å². The first-order chi connectivity index (χ1) is 17.4. The lowest BCUT2D eigenvalue weighted by Crippen LogP contribution is -2.09. The highest BCUT2D eigenvalue weighted by Gasteiger charge is 2.31. The van der Waals surface area contributed by atoms with E-state index in [4.69, 9.17) is 33.2 Å². The smallest absolute Gasteiger partial charge is 0.343 e. The van der Waals surface area contributed by atoms with Crippen LogP contribution in [0.3, 0.4) is 0 Å². The fourth-order valence-electron chi connectivity index (χ4n) is 4.00. The van der Waals surface area contributed by atoms with Crippen molar-refractivity contribution in [2.45, 2.75) is 6.92 Å². The maximum atomic E-state index is 13.0. The average molecular weight is 490 g/mol. The first kappa shape index (κ1) is 23.1. The highest BCUT2D eigenvalue weighted by molar-refractivity contribution is 6.15. The second-order valence-electron chi connectivity index (χ2n) is 7.92. The van der Waals surface area contributed by atoms with Crippen LogP contribution in [0.4, 0.5) is 0 Å². The van der Waals surface area contributed by atoms with Crippen LogP contribution in [0, 0.1) is 6.92 Å². The van der Waals surface area contributed by atoms with Gasteiger partial charge in [0.25, 0.3) is 0 Å². The number of ether oxygens (including phenoxy) is 7. The van der Waals surface area contributed by atoms with Gasteiger partial charge in [0.2, 0.25) is 18.3 Å². The van der Waals surface area contributed by atoms with Crippen LogP contribution in [-0.4, -0.2) is 39.9 Å². The molecule has 0 N–H and O–H groups in total. The average Bonchev–Trinajstić information content (AvgIpc) is 3.49. The molecule has 9 nitrogen and oxygen atoms in total. The van der Waals surface area contributed by atoms with Crippen LogP contribution in [0.25, 0.3) is 6.08 Å². The zero-order valence-electron chi connectivity index (χ0n) is 20.0. The van der Waals surface area contributed by atoms with E-state index in [2.05, 4.69) is 0 Å². The minimum absolute atomic E-state index is 0.106. The van der Waals surface area contributed by atoms with E-state index in [1.807, 2.05) is 0 Å². The Morgan fingerprint density at radius 2 is 1.61 bits per heavy atom. The van der Waals surface area contributed by atoms with Crippen molar-refractivity contribution in [1.82, 2.24) is 0 Å². The first-order valence-corrected chi connectivity index (χ1v) is 10.9. The molecule has 0 saturated carbocycles. The summed E-state index contributed by atoms with van der Waals surface area (Å²) in [5.41, 5.74) is 1.81. The van der Waals surface area contributed by atoms with Crippen molar-refractivity contribution in [2.75, 3.05) is 28.1 Å². The highest BCUT2D eigenvalue weighted by atomic mass is 16.7. The van der Waals surface area contributed by atoms with Gasteiger partial charge >= 0.3 is 5.97 Å². The van der Waals surface area contributed by atoms with Crippen molar-refractivity contribution in [3.8, 4) is 40.2 Å². The van der Waals surface area contributed by atoms with Crippen molar-refractivity contribution in [1.29, 1.82) is 0 Å². The molecule has 3 aromatic carbocycles. The molecular formula is C27H22O9. The van der Waals surface area contributed by atoms with E-state index >= 15 is 0 Å². The van der Waals surface area contributed by atoms with Gasteiger partial charge in [-0.25, -0.2) is 4.79 Å². The van der Waals surface area contributed by atoms with E-state index in [0.29, 0.717) is 56.8 Å². The molecule has 0 amide bonds. The van der Waals surface area contributed by atoms with E-state index in [1.165, 1.54) is 21.3 Å². The highest BCUT2D eigenvalue weighted by Crippen LogP contribution is 2.42. The summed E-state index contributed by atoms with van der Waals surface area (Å²) in [5, 5.41) is 0. The lowest BCUT2D eigenvalue weighted by atomic mass is 10.1. The number of benzene rings is 3. The van der Waals surface area contributed by atoms with E-state index in [0.717, 1.165) is 0 Å². The zero-order valence-corrected chi connectivity index (χ0v) is 20.0. The zero-order chi connectivity index (χ0) is 25.4. The van der Waals surface area contributed by atoms with Gasteiger partial charge in [-0.05, 0) is 61.0 Å². The minimum atomic E-state index is -0.575. The maximum Gasteiger partial charge on any atom is 0.343 e. The van der Waals surface area contributed by atoms with Crippen LogP contribution in [0.2, 0.25) is 0 Å². The molecule has 0 unspecified atom stereocenters. The van der Waals surface area contributed by atoms with Crippen LogP contribution in [0.5, 0.6) is 40.2 Å². The van der Waals surface area contributed by atoms with Crippen LogP contribution in [-0.2, 0) is 0 Å². The molecule has 0 bridgehead atoms. The molecule has 0 aliphatic carbocycles. The summed E-state index contributed by atoms with van der Waals surface area (Å²) in [5.74, 6) is 2.22. The van der Waals surface area contributed by atoms with Gasteiger partial charge in [-0.2, -0.15) is 0 Å². The number of hydrogen-bond acceptors (Lipinski definition) is 9. The summed E-state index contributed by atoms with van der Waals surface area (Å²) in [4.78, 5) is 25.8. The molecule has 36 heavy (non-hydrogen) atoms. The molecule has 0 fully saturated rings. The lowest BCUT2D eigenvalue weighted by Gasteiger charge is -2.13. The summed E-state index contributed by atoms with van der Waals surface area (Å²) in [6, 6.07) is 11.4. The third kappa shape index (κ3) is 3.94. The summed E-state index contributed by atoms with van der Waals surface area (Å²) in [6.45, 7) is 1.83. The number of allylic oxidation sites excluding steroid dienone is 1. The van der Waals surface area contributed by atoms with E-state index in [9.17, 15) is 9.59 Å². The molecule has 0 spiro atoms. The molecule has 2 heterocycles. The van der Waals surface area contributed by atoms with Crippen LogP contribution in [0.1, 0.15) is 31.8 Å². The molecule has 0 aromatic heterocycles. The van der Waals surface area contributed by atoms with Crippen LogP contribution >= 0.6 is 0 Å². The molecule has 9 heteroatoms. The van der Waals surface area contributed by atoms with Crippen molar-refractivity contribution in [3.63, 3.8) is 0 Å². The van der Waals surface area contributed by atoms with Gasteiger partial charge in [-0.15, -0.1) is 0 Å². The number of Topliss-reactive ketones (excluding diaryl/α,β-unsaturated/α-hetero) is 1. The standard InChI is InChI=1S/C27H22O9/c1-14-18(36-27(29)16-5-7-19-20(12-16)34-13-33-19)8-6-17-24(28)21(35-25(14)17)9-15-10-22(30-2)26(32-4)23(11-15)31-3/h5-12H,13H2,1-4H3/b21-9-. The van der Waals surface area contributed by atoms with Crippen LogP contribution < -0.4 is 33.2 Å². The maximum absolute atomic E-state index is 13.0. The number of fused-ring (bicyclic) bond motifs is 2. The van der Waals surface area contributed by atoms with E-state index in [-0.39, 0.29) is 24.1 Å². The molecular weight excluding hydrogens is 468 g/mol. The van der Waals surface area contributed by atoms with Gasteiger partial charge in [0.1, 0.15) is 11.5 Å². The predicted octanol–water partition coefficient (Wildman–Crippen LogP) is 4.58. The number of esters is 1.